The van der Waals surface area contributed by atoms with Gasteiger partial charge in [-0.2, -0.15) is 11.3 Å². The number of aryl methyl sites for hydroxylation is 2. The quantitative estimate of drug-likeness (QED) is 0.903. The minimum atomic E-state index is -0.291. The van der Waals surface area contributed by atoms with Crippen molar-refractivity contribution >= 4 is 17.2 Å². The summed E-state index contributed by atoms with van der Waals surface area (Å²) in [6.07, 6.45) is 0. The third-order valence-corrected chi connectivity index (χ3v) is 3.73. The van der Waals surface area contributed by atoms with Gasteiger partial charge in [0.15, 0.2) is 0 Å². The number of hydrogen-bond donors (Lipinski definition) is 1. The second-order valence-electron chi connectivity index (χ2n) is 4.23. The van der Waals surface area contributed by atoms with Gasteiger partial charge in [0.1, 0.15) is 5.82 Å². The van der Waals surface area contributed by atoms with Crippen molar-refractivity contribution in [3.63, 3.8) is 0 Å². The van der Waals surface area contributed by atoms with Crippen molar-refractivity contribution in [3.05, 3.63) is 57.0 Å². The molecule has 1 heterocycles. The predicted octanol–water partition coefficient (Wildman–Crippen LogP) is 3.43. The molecule has 1 amide bonds. The Kier molecular flexibility index (Phi) is 3.77. The first kappa shape index (κ1) is 12.8. The monoisotopic (exact) mass is 263 g/mol. The molecule has 94 valence electrons. The van der Waals surface area contributed by atoms with Gasteiger partial charge in [0.25, 0.3) is 5.91 Å². The summed E-state index contributed by atoms with van der Waals surface area (Å²) in [5.74, 6) is -0.469. The number of halogens is 1. The summed E-state index contributed by atoms with van der Waals surface area (Å²) in [4.78, 5) is 11.9. The predicted molar refractivity (Wildman–Crippen MR) is 71.4 cm³/mol. The Morgan fingerprint density at radius 2 is 2.06 bits per heavy atom. The van der Waals surface area contributed by atoms with Crippen LogP contribution in [0.1, 0.15) is 27.0 Å². The van der Waals surface area contributed by atoms with Crippen LogP contribution in [0.5, 0.6) is 0 Å². The average molecular weight is 263 g/mol. The summed E-state index contributed by atoms with van der Waals surface area (Å²) in [6.45, 7) is 4.17. The first-order valence-corrected chi connectivity index (χ1v) is 6.58. The molecular formula is C14H14FNOS. The van der Waals surface area contributed by atoms with Crippen LogP contribution >= 0.6 is 11.3 Å². The maximum Gasteiger partial charge on any atom is 0.251 e. The van der Waals surface area contributed by atoms with E-state index in [1.165, 1.54) is 17.7 Å². The minimum absolute atomic E-state index is 0.177. The zero-order valence-electron chi connectivity index (χ0n) is 10.3. The van der Waals surface area contributed by atoms with Gasteiger partial charge in [0.05, 0.1) is 0 Å². The van der Waals surface area contributed by atoms with E-state index in [1.54, 1.807) is 24.3 Å². The third kappa shape index (κ3) is 2.76. The lowest BCUT2D eigenvalue weighted by Gasteiger charge is -2.06. The van der Waals surface area contributed by atoms with Gasteiger partial charge in [0, 0.05) is 12.1 Å². The van der Waals surface area contributed by atoms with Crippen LogP contribution in [-0.2, 0) is 6.54 Å². The van der Waals surface area contributed by atoms with Gasteiger partial charge in [-0.1, -0.05) is 0 Å². The molecule has 0 aliphatic rings. The molecule has 1 N–H and O–H groups in total. The molecule has 0 saturated carbocycles. The molecule has 1 aromatic carbocycles. The summed E-state index contributed by atoms with van der Waals surface area (Å²) >= 11 is 1.62. The van der Waals surface area contributed by atoms with Crippen LogP contribution in [0.15, 0.2) is 29.0 Å². The summed E-state index contributed by atoms with van der Waals surface area (Å²) in [7, 11) is 0. The van der Waals surface area contributed by atoms with E-state index < -0.39 is 0 Å². The molecule has 0 radical (unpaired) electrons. The van der Waals surface area contributed by atoms with Gasteiger partial charge < -0.3 is 5.32 Å². The van der Waals surface area contributed by atoms with Crippen molar-refractivity contribution in [1.29, 1.82) is 0 Å². The summed E-state index contributed by atoms with van der Waals surface area (Å²) in [5.41, 5.74) is 3.26. The van der Waals surface area contributed by atoms with E-state index in [0.717, 1.165) is 5.56 Å². The number of carbonyl (C=O) groups excluding carboxylic acids is 1. The highest BCUT2D eigenvalue weighted by atomic mass is 32.1. The number of thiophene rings is 1. The second kappa shape index (κ2) is 5.31. The van der Waals surface area contributed by atoms with Gasteiger partial charge in [0.2, 0.25) is 0 Å². The number of carbonyl (C=O) groups is 1. The molecule has 0 unspecified atom stereocenters. The molecular weight excluding hydrogens is 249 g/mol. The molecule has 2 nitrogen and oxygen atoms in total. The molecule has 0 saturated heterocycles. The van der Waals surface area contributed by atoms with E-state index >= 15 is 0 Å². The van der Waals surface area contributed by atoms with Gasteiger partial charge in [-0.15, -0.1) is 0 Å². The smallest absolute Gasteiger partial charge is 0.251 e. The van der Waals surface area contributed by atoms with Crippen LogP contribution in [0, 0.1) is 19.7 Å². The molecule has 2 rings (SSSR count). The van der Waals surface area contributed by atoms with Crippen LogP contribution in [0.2, 0.25) is 0 Å². The topological polar surface area (TPSA) is 29.1 Å². The zero-order valence-corrected chi connectivity index (χ0v) is 11.1. The van der Waals surface area contributed by atoms with E-state index in [9.17, 15) is 9.18 Å². The van der Waals surface area contributed by atoms with Crippen molar-refractivity contribution in [2.45, 2.75) is 20.4 Å². The Hall–Kier alpha value is -1.68. The van der Waals surface area contributed by atoms with E-state index in [1.807, 2.05) is 17.7 Å². The van der Waals surface area contributed by atoms with Crippen LogP contribution in [0.3, 0.4) is 0 Å². The Bertz CT molecular complexity index is 577. The molecule has 0 aliphatic heterocycles. The second-order valence-corrected chi connectivity index (χ2v) is 4.97. The molecule has 4 heteroatoms. The molecule has 18 heavy (non-hydrogen) atoms. The van der Waals surface area contributed by atoms with Crippen molar-refractivity contribution in [2.75, 3.05) is 0 Å². The van der Waals surface area contributed by atoms with Crippen LogP contribution < -0.4 is 5.32 Å². The van der Waals surface area contributed by atoms with E-state index in [0.29, 0.717) is 17.7 Å². The van der Waals surface area contributed by atoms with Crippen LogP contribution in [0.4, 0.5) is 4.39 Å². The SMILES string of the molecule is Cc1cc(C(=O)NCc2cscc2C)ccc1F. The minimum Gasteiger partial charge on any atom is -0.348 e. The number of benzene rings is 1. The standard InChI is InChI=1S/C14H14FNOS/c1-9-5-11(3-4-13(9)15)14(17)16-6-12-8-18-7-10(12)2/h3-5,7-8H,6H2,1-2H3,(H,16,17). The molecule has 2 aromatic rings. The molecule has 1 aromatic heterocycles. The molecule has 0 bridgehead atoms. The Morgan fingerprint density at radius 1 is 1.28 bits per heavy atom. The first-order valence-electron chi connectivity index (χ1n) is 5.64. The Labute approximate surface area is 109 Å². The first-order chi connectivity index (χ1) is 8.58. The van der Waals surface area contributed by atoms with Gasteiger partial charge >= 0.3 is 0 Å². The summed E-state index contributed by atoms with van der Waals surface area (Å²) in [5, 5.41) is 6.90. The fourth-order valence-corrected chi connectivity index (χ4v) is 2.49. The molecule has 0 fully saturated rings. The molecule has 0 spiro atoms. The zero-order chi connectivity index (χ0) is 13.1. The van der Waals surface area contributed by atoms with Gasteiger partial charge in [-0.25, -0.2) is 4.39 Å². The normalized spacial score (nSPS) is 10.4. The van der Waals surface area contributed by atoms with Gasteiger partial charge in [-0.3, -0.25) is 4.79 Å². The number of rotatable bonds is 3. The van der Waals surface area contributed by atoms with E-state index in [2.05, 4.69) is 5.32 Å². The van der Waals surface area contributed by atoms with Crippen molar-refractivity contribution in [3.8, 4) is 0 Å². The Balaban J connectivity index is 2.04. The van der Waals surface area contributed by atoms with Crippen molar-refractivity contribution in [2.24, 2.45) is 0 Å². The molecule has 0 atom stereocenters. The maximum absolute atomic E-state index is 13.1. The lowest BCUT2D eigenvalue weighted by Crippen LogP contribution is -2.23. The lowest BCUT2D eigenvalue weighted by molar-refractivity contribution is 0.0951. The summed E-state index contributed by atoms with van der Waals surface area (Å²) in [6, 6.07) is 4.38. The molecule has 0 aliphatic carbocycles. The van der Waals surface area contributed by atoms with Gasteiger partial charge in [-0.05, 0) is 59.5 Å². The van der Waals surface area contributed by atoms with E-state index in [-0.39, 0.29) is 11.7 Å². The Morgan fingerprint density at radius 3 is 2.67 bits per heavy atom. The van der Waals surface area contributed by atoms with Crippen molar-refractivity contribution in [1.82, 2.24) is 5.32 Å². The van der Waals surface area contributed by atoms with Crippen molar-refractivity contribution < 1.29 is 9.18 Å². The maximum atomic E-state index is 13.1. The third-order valence-electron chi connectivity index (χ3n) is 2.82. The highest BCUT2D eigenvalue weighted by Crippen LogP contribution is 2.14. The number of amides is 1. The average Bonchev–Trinajstić information content (AvgIpc) is 2.75. The highest BCUT2D eigenvalue weighted by molar-refractivity contribution is 7.08. The highest BCUT2D eigenvalue weighted by Gasteiger charge is 2.08. The number of hydrogen-bond acceptors (Lipinski definition) is 2. The fraction of sp³-hybridized carbons (Fsp3) is 0.214. The van der Waals surface area contributed by atoms with Crippen LogP contribution in [0.25, 0.3) is 0 Å². The lowest BCUT2D eigenvalue weighted by atomic mass is 10.1. The van der Waals surface area contributed by atoms with E-state index in [4.69, 9.17) is 0 Å². The summed E-state index contributed by atoms with van der Waals surface area (Å²) < 4.78 is 13.1. The number of nitrogens with one attached hydrogen (secondary N) is 1. The largest absolute Gasteiger partial charge is 0.348 e. The fourth-order valence-electron chi connectivity index (χ4n) is 1.63. The van der Waals surface area contributed by atoms with Crippen LogP contribution in [-0.4, -0.2) is 5.91 Å².